The highest BCUT2D eigenvalue weighted by Crippen LogP contribution is 2.44. The SMILES string of the molecule is CC1=C(C(=O)Nc2ccc(Cc3ccncc3)cc2)C2(CCCCC2)OC1=O. The molecule has 1 saturated carbocycles. The summed E-state index contributed by atoms with van der Waals surface area (Å²) in [5, 5.41) is 2.96. The molecule has 2 heterocycles. The second-order valence-electron chi connectivity index (χ2n) is 7.63. The Morgan fingerprint density at radius 2 is 1.68 bits per heavy atom. The molecule has 1 aromatic heterocycles. The van der Waals surface area contributed by atoms with Crippen LogP contribution in [0, 0.1) is 0 Å². The van der Waals surface area contributed by atoms with Gasteiger partial charge >= 0.3 is 5.97 Å². The fourth-order valence-electron chi connectivity index (χ4n) is 4.24. The first-order valence-corrected chi connectivity index (χ1v) is 9.81. The van der Waals surface area contributed by atoms with Crippen LogP contribution in [-0.4, -0.2) is 22.5 Å². The van der Waals surface area contributed by atoms with Crippen LogP contribution in [-0.2, 0) is 20.7 Å². The average molecular weight is 376 g/mol. The number of nitrogens with one attached hydrogen (secondary N) is 1. The monoisotopic (exact) mass is 376 g/mol. The summed E-state index contributed by atoms with van der Waals surface area (Å²) in [7, 11) is 0. The Balaban J connectivity index is 1.49. The van der Waals surface area contributed by atoms with Crippen LogP contribution in [0.3, 0.4) is 0 Å². The van der Waals surface area contributed by atoms with Crippen LogP contribution < -0.4 is 5.32 Å². The highest BCUT2D eigenvalue weighted by atomic mass is 16.6. The molecule has 1 amide bonds. The highest BCUT2D eigenvalue weighted by molar-refractivity contribution is 6.12. The highest BCUT2D eigenvalue weighted by Gasteiger charge is 2.49. The van der Waals surface area contributed by atoms with Crippen molar-refractivity contribution in [3.63, 3.8) is 0 Å². The van der Waals surface area contributed by atoms with Gasteiger partial charge in [-0.1, -0.05) is 18.6 Å². The minimum Gasteiger partial charge on any atom is -0.451 e. The molecule has 144 valence electrons. The van der Waals surface area contributed by atoms with Gasteiger partial charge in [0.15, 0.2) is 0 Å². The number of nitrogens with zero attached hydrogens (tertiary/aromatic N) is 1. The number of benzene rings is 1. The van der Waals surface area contributed by atoms with Crippen molar-refractivity contribution in [1.29, 1.82) is 0 Å². The maximum atomic E-state index is 13.0. The van der Waals surface area contributed by atoms with Gasteiger partial charge in [-0.3, -0.25) is 9.78 Å². The first-order chi connectivity index (χ1) is 13.6. The lowest BCUT2D eigenvalue weighted by molar-refractivity contribution is -0.149. The lowest BCUT2D eigenvalue weighted by atomic mass is 9.78. The van der Waals surface area contributed by atoms with Crippen LogP contribution in [0.5, 0.6) is 0 Å². The summed E-state index contributed by atoms with van der Waals surface area (Å²) in [5.41, 5.74) is 3.28. The fraction of sp³-hybridized carbons (Fsp3) is 0.348. The lowest BCUT2D eigenvalue weighted by Crippen LogP contribution is -2.39. The number of aromatic nitrogens is 1. The van der Waals surface area contributed by atoms with Crippen molar-refractivity contribution in [2.75, 3.05) is 5.32 Å². The fourth-order valence-corrected chi connectivity index (χ4v) is 4.24. The Labute approximate surface area is 164 Å². The van der Waals surface area contributed by atoms with Gasteiger partial charge in [-0.25, -0.2) is 4.79 Å². The summed E-state index contributed by atoms with van der Waals surface area (Å²) in [6.45, 7) is 1.69. The van der Waals surface area contributed by atoms with Gasteiger partial charge < -0.3 is 10.1 Å². The molecule has 1 aromatic carbocycles. The van der Waals surface area contributed by atoms with Crippen molar-refractivity contribution in [3.05, 3.63) is 71.1 Å². The maximum absolute atomic E-state index is 13.0. The van der Waals surface area contributed by atoms with E-state index in [4.69, 9.17) is 4.74 Å². The number of esters is 1. The van der Waals surface area contributed by atoms with Gasteiger partial charge in [0.2, 0.25) is 0 Å². The first kappa shape index (κ1) is 18.4. The van der Waals surface area contributed by atoms with Gasteiger partial charge in [0.05, 0.1) is 5.57 Å². The molecule has 1 aliphatic heterocycles. The number of ether oxygens (including phenoxy) is 1. The van der Waals surface area contributed by atoms with Gasteiger partial charge in [-0.05, 0) is 74.4 Å². The molecule has 0 radical (unpaired) electrons. The third-order valence-electron chi connectivity index (χ3n) is 5.68. The topological polar surface area (TPSA) is 68.3 Å². The molecular formula is C23H24N2O3. The summed E-state index contributed by atoms with van der Waals surface area (Å²) in [4.78, 5) is 29.2. The van der Waals surface area contributed by atoms with Gasteiger partial charge in [0.1, 0.15) is 5.60 Å². The third-order valence-corrected chi connectivity index (χ3v) is 5.68. The van der Waals surface area contributed by atoms with Gasteiger partial charge in [0, 0.05) is 23.7 Å². The summed E-state index contributed by atoms with van der Waals surface area (Å²) in [6, 6.07) is 11.8. The molecule has 28 heavy (non-hydrogen) atoms. The Morgan fingerprint density at radius 1 is 1.04 bits per heavy atom. The number of carbonyl (C=O) groups is 2. The van der Waals surface area contributed by atoms with Crippen LogP contribution >= 0.6 is 0 Å². The Morgan fingerprint density at radius 3 is 2.36 bits per heavy atom. The van der Waals surface area contributed by atoms with Crippen LogP contribution in [0.25, 0.3) is 0 Å². The van der Waals surface area contributed by atoms with E-state index in [-0.39, 0.29) is 11.9 Å². The molecule has 1 aliphatic carbocycles. The molecule has 4 rings (SSSR count). The zero-order chi connectivity index (χ0) is 19.6. The quantitative estimate of drug-likeness (QED) is 0.813. The minimum atomic E-state index is -0.731. The van der Waals surface area contributed by atoms with E-state index in [9.17, 15) is 9.59 Å². The predicted molar refractivity (Wildman–Crippen MR) is 107 cm³/mol. The van der Waals surface area contributed by atoms with Crippen molar-refractivity contribution < 1.29 is 14.3 Å². The van der Waals surface area contributed by atoms with Crippen LogP contribution in [0.4, 0.5) is 5.69 Å². The smallest absolute Gasteiger partial charge is 0.335 e. The zero-order valence-electron chi connectivity index (χ0n) is 16.0. The van der Waals surface area contributed by atoms with E-state index in [1.165, 1.54) is 5.56 Å². The first-order valence-electron chi connectivity index (χ1n) is 9.81. The summed E-state index contributed by atoms with van der Waals surface area (Å²) in [5.74, 6) is -0.591. The van der Waals surface area contributed by atoms with E-state index in [1.807, 2.05) is 36.4 Å². The number of carbonyl (C=O) groups excluding carboxylic acids is 2. The molecule has 0 unspecified atom stereocenters. The molecule has 2 aromatic rings. The van der Waals surface area contributed by atoms with Crippen LogP contribution in [0.1, 0.15) is 50.2 Å². The zero-order valence-corrected chi connectivity index (χ0v) is 16.0. The largest absolute Gasteiger partial charge is 0.451 e. The number of pyridine rings is 1. The molecule has 2 aliphatic rings. The standard InChI is InChI=1S/C23H24N2O3/c1-16-20(23(28-22(16)27)11-3-2-4-12-23)21(26)25-19-7-5-17(6-8-19)15-18-9-13-24-14-10-18/h5-10,13-14H,2-4,11-12,15H2,1H3,(H,25,26). The lowest BCUT2D eigenvalue weighted by Gasteiger charge is -2.34. The molecule has 5 nitrogen and oxygen atoms in total. The summed E-state index contributed by atoms with van der Waals surface area (Å²) >= 11 is 0. The number of rotatable bonds is 4. The third kappa shape index (κ3) is 3.57. The molecular weight excluding hydrogens is 352 g/mol. The molecule has 0 saturated heterocycles. The molecule has 1 spiro atoms. The molecule has 1 fully saturated rings. The van der Waals surface area contributed by atoms with Crippen molar-refractivity contribution in [1.82, 2.24) is 4.98 Å². The van der Waals surface area contributed by atoms with E-state index in [2.05, 4.69) is 10.3 Å². The Hall–Kier alpha value is -2.95. The molecule has 5 heteroatoms. The number of hydrogen-bond acceptors (Lipinski definition) is 4. The van der Waals surface area contributed by atoms with Crippen LogP contribution in [0.2, 0.25) is 0 Å². The van der Waals surface area contributed by atoms with Gasteiger partial charge in [-0.2, -0.15) is 0 Å². The molecule has 0 atom stereocenters. The van der Waals surface area contributed by atoms with Gasteiger partial charge in [0.25, 0.3) is 5.91 Å². The minimum absolute atomic E-state index is 0.230. The van der Waals surface area contributed by atoms with Crippen molar-refractivity contribution >= 4 is 17.6 Å². The number of anilines is 1. The van der Waals surface area contributed by atoms with Crippen LogP contribution in [0.15, 0.2) is 59.9 Å². The van der Waals surface area contributed by atoms with Crippen molar-refractivity contribution in [2.24, 2.45) is 0 Å². The van der Waals surface area contributed by atoms with E-state index in [0.717, 1.165) is 44.1 Å². The van der Waals surface area contributed by atoms with Crippen molar-refractivity contribution in [3.8, 4) is 0 Å². The van der Waals surface area contributed by atoms with E-state index in [0.29, 0.717) is 16.8 Å². The Kier molecular flexibility index (Phi) is 4.99. The van der Waals surface area contributed by atoms with E-state index in [1.54, 1.807) is 19.3 Å². The number of hydrogen-bond donors (Lipinski definition) is 1. The maximum Gasteiger partial charge on any atom is 0.335 e. The normalized spacial score (nSPS) is 18.2. The second-order valence-corrected chi connectivity index (χ2v) is 7.63. The summed E-state index contributed by atoms with van der Waals surface area (Å²) < 4.78 is 5.68. The summed E-state index contributed by atoms with van der Waals surface area (Å²) in [6.07, 6.45) is 8.90. The van der Waals surface area contributed by atoms with E-state index < -0.39 is 5.60 Å². The predicted octanol–water partition coefficient (Wildman–Crippen LogP) is 4.19. The molecule has 0 bridgehead atoms. The van der Waals surface area contributed by atoms with Gasteiger partial charge in [-0.15, -0.1) is 0 Å². The Bertz CT molecular complexity index is 911. The molecule has 1 N–H and O–H groups in total. The average Bonchev–Trinajstić information content (AvgIpc) is 2.94. The number of amides is 1. The van der Waals surface area contributed by atoms with Crippen molar-refractivity contribution in [2.45, 2.75) is 51.0 Å². The second kappa shape index (κ2) is 7.58. The van der Waals surface area contributed by atoms with E-state index >= 15 is 0 Å².